The van der Waals surface area contributed by atoms with Crippen LogP contribution >= 0.6 is 0 Å². The van der Waals surface area contributed by atoms with Crippen LogP contribution in [0.4, 0.5) is 0 Å². The molecule has 3 unspecified atom stereocenters. The smallest absolute Gasteiger partial charge is 0.250 e. The summed E-state index contributed by atoms with van der Waals surface area (Å²) in [4.78, 5) is 66.8. The molecule has 2 aliphatic rings. The Labute approximate surface area is 307 Å². The Morgan fingerprint density at radius 3 is 1.94 bits per heavy atom. The molecule has 2 aliphatic carbocycles. The van der Waals surface area contributed by atoms with Crippen LogP contribution in [0.25, 0.3) is 0 Å². The Morgan fingerprint density at radius 2 is 1.55 bits per heavy atom. The Kier molecular flexibility index (Phi) is 29.9. The molecule has 13 heteroatoms. The van der Waals surface area contributed by atoms with Crippen molar-refractivity contribution >= 4 is 24.0 Å². The van der Waals surface area contributed by atoms with Gasteiger partial charge in [-0.3, -0.25) is 28.8 Å². The first kappa shape index (κ1) is 50.0. The summed E-state index contributed by atoms with van der Waals surface area (Å²) in [5.41, 5.74) is 7.52. The number of nitrogens with two attached hydrogens (primary N) is 1. The Hall–Kier alpha value is -3.13. The predicted octanol–water partition coefficient (Wildman–Crippen LogP) is 4.97. The number of unbranched alkanes of at least 4 members (excludes halogenated alkanes) is 1. The molecule has 1 aromatic heterocycles. The van der Waals surface area contributed by atoms with Gasteiger partial charge < -0.3 is 31.4 Å². The van der Waals surface area contributed by atoms with Crippen LogP contribution in [0.1, 0.15) is 150 Å². The van der Waals surface area contributed by atoms with E-state index in [1.165, 1.54) is 69.6 Å². The first-order chi connectivity index (χ1) is 24.2. The van der Waals surface area contributed by atoms with Crippen LogP contribution in [0, 0.1) is 5.41 Å². The number of aliphatic hydroxyl groups is 1. The maximum atomic E-state index is 13.3. The third-order valence-corrected chi connectivity index (χ3v) is 7.25. The number of carbonyl (C=O) groups excluding carboxylic acids is 4. The molecule has 7 N–H and O–H groups in total. The highest BCUT2D eigenvalue weighted by molar-refractivity contribution is 5.89. The molecule has 0 aliphatic heterocycles. The van der Waals surface area contributed by atoms with Crippen molar-refractivity contribution in [2.75, 3.05) is 19.6 Å². The van der Waals surface area contributed by atoms with E-state index in [4.69, 9.17) is 10.6 Å². The van der Waals surface area contributed by atoms with Crippen molar-refractivity contribution in [3.8, 4) is 0 Å². The zero-order valence-corrected chi connectivity index (χ0v) is 33.1. The van der Waals surface area contributed by atoms with Crippen LogP contribution in [0.2, 0.25) is 0 Å². The summed E-state index contributed by atoms with van der Waals surface area (Å²) in [5.74, 6) is -1.13. The number of nitrogens with zero attached hydrogens (tertiary/aromatic N) is 1. The lowest BCUT2D eigenvalue weighted by atomic mass is 9.85. The number of rotatable bonds is 14. The summed E-state index contributed by atoms with van der Waals surface area (Å²) >= 11 is 0. The van der Waals surface area contributed by atoms with Crippen LogP contribution in [0.3, 0.4) is 0 Å². The van der Waals surface area contributed by atoms with E-state index in [2.05, 4.69) is 48.8 Å². The number of hydroxylamine groups is 1. The van der Waals surface area contributed by atoms with E-state index < -0.39 is 35.6 Å². The van der Waals surface area contributed by atoms with Crippen LogP contribution in [0.5, 0.6) is 0 Å². The van der Waals surface area contributed by atoms with E-state index in [0.29, 0.717) is 18.5 Å². The van der Waals surface area contributed by atoms with Gasteiger partial charge in [-0.15, -0.1) is 0 Å². The zero-order valence-electron chi connectivity index (χ0n) is 33.1. The first-order valence-electron chi connectivity index (χ1n) is 19.0. The van der Waals surface area contributed by atoms with E-state index in [1.54, 1.807) is 11.8 Å². The molecule has 3 amide bonds. The highest BCUT2D eigenvalue weighted by atomic mass is 16.7. The molecule has 3 atom stereocenters. The molecule has 0 radical (unpaired) electrons. The van der Waals surface area contributed by atoms with Crippen molar-refractivity contribution in [1.29, 1.82) is 0 Å². The van der Waals surface area contributed by atoms with Gasteiger partial charge in [-0.25, -0.2) is 0 Å². The predicted molar refractivity (Wildman–Crippen MR) is 205 cm³/mol. The number of H-pyrrole nitrogens is 1. The van der Waals surface area contributed by atoms with E-state index in [0.717, 1.165) is 25.7 Å². The lowest BCUT2D eigenvalue weighted by molar-refractivity contribution is -0.161. The summed E-state index contributed by atoms with van der Waals surface area (Å²) in [6, 6.07) is 3.81. The summed E-state index contributed by atoms with van der Waals surface area (Å²) in [6.07, 6.45) is 13.7. The molecule has 0 spiro atoms. The zero-order chi connectivity index (χ0) is 39.2. The second-order valence-corrected chi connectivity index (χ2v) is 13.9. The Balaban J connectivity index is 0. The summed E-state index contributed by atoms with van der Waals surface area (Å²) in [6.45, 7) is 17.9. The number of carbonyl (C=O) groups is 4. The number of aldehydes is 1. The van der Waals surface area contributed by atoms with E-state index in [9.17, 15) is 29.1 Å². The number of aromatic amines is 1. The second-order valence-electron chi connectivity index (χ2n) is 13.9. The SMILES string of the molecule is C1CCCCC1.CCC.CCC.CCCCN(C(=O)C(NC(=O)CN)C(C)(C)C)C(C)ONCC(O)C(=O)NC1CC1.O=Cc1cccc(=O)[nH]1. The van der Waals surface area contributed by atoms with Crippen molar-refractivity contribution in [3.05, 3.63) is 34.2 Å². The van der Waals surface area contributed by atoms with Crippen LogP contribution < -0.4 is 27.4 Å². The van der Waals surface area contributed by atoms with Crippen molar-refractivity contribution in [3.63, 3.8) is 0 Å². The molecule has 2 saturated carbocycles. The fraction of sp³-hybridized carbons (Fsp3) is 0.763. The summed E-state index contributed by atoms with van der Waals surface area (Å²) < 4.78 is 0. The van der Waals surface area contributed by atoms with Crippen molar-refractivity contribution < 1.29 is 29.1 Å². The molecule has 0 saturated heterocycles. The van der Waals surface area contributed by atoms with E-state index >= 15 is 0 Å². The first-order valence-corrected chi connectivity index (χ1v) is 19.0. The molecule has 2 fully saturated rings. The molecule has 13 nitrogen and oxygen atoms in total. The van der Waals surface area contributed by atoms with Crippen molar-refractivity contribution in [1.82, 2.24) is 26.0 Å². The van der Waals surface area contributed by atoms with Gasteiger partial charge in [0.05, 0.1) is 18.8 Å². The van der Waals surface area contributed by atoms with Crippen molar-refractivity contribution in [2.24, 2.45) is 11.1 Å². The van der Waals surface area contributed by atoms with Gasteiger partial charge >= 0.3 is 0 Å². The maximum absolute atomic E-state index is 13.3. The minimum Gasteiger partial charge on any atom is -0.382 e. The lowest BCUT2D eigenvalue weighted by Crippen LogP contribution is -2.58. The number of amides is 3. The summed E-state index contributed by atoms with van der Waals surface area (Å²) in [5, 5.41) is 15.3. The lowest BCUT2D eigenvalue weighted by Gasteiger charge is -2.37. The third-order valence-electron chi connectivity index (χ3n) is 7.25. The normalized spacial score (nSPS) is 15.1. The minimum absolute atomic E-state index is 0.106. The Bertz CT molecular complexity index is 1100. The largest absolute Gasteiger partial charge is 0.382 e. The number of hydrogen-bond donors (Lipinski definition) is 6. The molecule has 1 aromatic rings. The van der Waals surface area contributed by atoms with Gasteiger partial charge in [-0.05, 0) is 37.7 Å². The highest BCUT2D eigenvalue weighted by Gasteiger charge is 2.37. The van der Waals surface area contributed by atoms with Crippen LogP contribution in [-0.4, -0.2) is 83.0 Å². The summed E-state index contributed by atoms with van der Waals surface area (Å²) in [7, 11) is 0. The van der Waals surface area contributed by atoms with Gasteiger partial charge in [0.2, 0.25) is 23.3 Å². The van der Waals surface area contributed by atoms with Gasteiger partial charge in [-0.1, -0.05) is 119 Å². The highest BCUT2D eigenvalue weighted by Crippen LogP contribution is 2.23. The topological polar surface area (TPSA) is 196 Å². The maximum Gasteiger partial charge on any atom is 0.250 e. The van der Waals surface area contributed by atoms with Gasteiger partial charge in [0.1, 0.15) is 18.4 Å². The van der Waals surface area contributed by atoms with Crippen LogP contribution in [-0.2, 0) is 19.2 Å². The second kappa shape index (κ2) is 30.5. The molecule has 0 aromatic carbocycles. The molecule has 296 valence electrons. The molecular weight excluding hydrogens is 652 g/mol. The average Bonchev–Trinajstić information content (AvgIpc) is 3.92. The number of aliphatic hydroxyl groups excluding tert-OH is 1. The molecule has 3 rings (SSSR count). The van der Waals surface area contributed by atoms with Crippen LogP contribution in [0.15, 0.2) is 23.0 Å². The van der Waals surface area contributed by atoms with Crippen molar-refractivity contribution in [2.45, 2.75) is 164 Å². The molecule has 51 heavy (non-hydrogen) atoms. The standard InChI is InChI=1S/C20H39N5O5.C6H5NO2.C6H12.2C3H8/c1-6-7-10-25(19(29)17(20(3,4)5)24-16(27)11-21)13(2)30-22-12-15(26)18(28)23-14-8-9-14;8-4-5-2-1-3-6(9)7-5;1-2-4-6-5-3-1;2*1-3-2/h13-15,17,22,26H,6-12,21H2,1-5H3,(H,23,28)(H,24,27);1-4H,(H,7,9);1-6H2;2*3H2,1-2H3. The molecular formula is C38H72N6O7. The fourth-order valence-corrected chi connectivity index (χ4v) is 4.36. The third kappa shape index (κ3) is 26.3. The Morgan fingerprint density at radius 1 is 1.02 bits per heavy atom. The van der Waals surface area contributed by atoms with Gasteiger partial charge in [0, 0.05) is 18.7 Å². The quantitative estimate of drug-likeness (QED) is 0.0872. The number of aromatic nitrogens is 1. The van der Waals surface area contributed by atoms with Gasteiger partial charge in [-0.2, -0.15) is 5.48 Å². The minimum atomic E-state index is -1.25. The van der Waals surface area contributed by atoms with E-state index in [1.807, 2.05) is 27.7 Å². The number of hydrogen-bond acceptors (Lipinski definition) is 9. The molecule has 1 heterocycles. The molecule has 0 bridgehead atoms. The monoisotopic (exact) mass is 725 g/mol. The van der Waals surface area contributed by atoms with Gasteiger partial charge in [0.15, 0.2) is 6.29 Å². The number of nitrogens with one attached hydrogen (secondary N) is 4. The van der Waals surface area contributed by atoms with E-state index in [-0.39, 0.29) is 30.6 Å². The average molecular weight is 725 g/mol. The fourth-order valence-electron chi connectivity index (χ4n) is 4.36. The van der Waals surface area contributed by atoms with Gasteiger partial charge in [0.25, 0.3) is 0 Å². The number of pyridine rings is 1.